The van der Waals surface area contributed by atoms with E-state index in [1.165, 1.54) is 32.1 Å². The van der Waals surface area contributed by atoms with Crippen LogP contribution in [0.2, 0.25) is 0 Å². The first kappa shape index (κ1) is 11.2. The first-order chi connectivity index (χ1) is 5.27. The van der Waals surface area contributed by atoms with Gasteiger partial charge in [0.15, 0.2) is 0 Å². The normalized spacial score (nSPS) is 14.1. The number of unbranched alkanes of at least 4 members (excludes halogenated alkanes) is 4. The van der Waals surface area contributed by atoms with Crippen molar-refractivity contribution in [2.24, 2.45) is 0 Å². The van der Waals surface area contributed by atoms with Gasteiger partial charge in [0.1, 0.15) is 0 Å². The van der Waals surface area contributed by atoms with Crippen LogP contribution >= 0.6 is 15.9 Å². The van der Waals surface area contributed by atoms with Crippen LogP contribution in [-0.4, -0.2) is 4.83 Å². The highest BCUT2D eigenvalue weighted by Crippen LogP contribution is 2.05. The van der Waals surface area contributed by atoms with Crippen molar-refractivity contribution in [3.05, 3.63) is 12.2 Å². The molecule has 66 valence electrons. The minimum absolute atomic E-state index is 0.536. The Morgan fingerprint density at radius 2 is 2.00 bits per heavy atom. The van der Waals surface area contributed by atoms with Gasteiger partial charge >= 0.3 is 0 Å². The molecule has 0 aromatic rings. The number of hydrogen-bond acceptors (Lipinski definition) is 0. The van der Waals surface area contributed by atoms with Gasteiger partial charge in [0.2, 0.25) is 0 Å². The van der Waals surface area contributed by atoms with Crippen molar-refractivity contribution < 1.29 is 0 Å². The van der Waals surface area contributed by atoms with Gasteiger partial charge in [-0.1, -0.05) is 54.3 Å². The summed E-state index contributed by atoms with van der Waals surface area (Å²) in [5.74, 6) is 0. The van der Waals surface area contributed by atoms with E-state index in [4.69, 9.17) is 0 Å². The summed E-state index contributed by atoms with van der Waals surface area (Å²) in [6.45, 7) is 4.39. The van der Waals surface area contributed by atoms with Crippen LogP contribution in [0.1, 0.15) is 46.0 Å². The van der Waals surface area contributed by atoms with E-state index in [1.54, 1.807) is 0 Å². The van der Waals surface area contributed by atoms with Crippen molar-refractivity contribution in [3.8, 4) is 0 Å². The van der Waals surface area contributed by atoms with Gasteiger partial charge in [-0.25, -0.2) is 0 Å². The van der Waals surface area contributed by atoms with E-state index in [9.17, 15) is 0 Å². The lowest BCUT2D eigenvalue weighted by molar-refractivity contribution is 0.674. The molecule has 0 saturated carbocycles. The third-order valence-electron chi connectivity index (χ3n) is 1.63. The van der Waals surface area contributed by atoms with Gasteiger partial charge in [-0.15, -0.1) is 0 Å². The fourth-order valence-corrected chi connectivity index (χ4v) is 1.19. The van der Waals surface area contributed by atoms with Crippen molar-refractivity contribution in [2.45, 2.75) is 50.8 Å². The number of halogens is 1. The molecule has 0 heterocycles. The first-order valence-electron chi connectivity index (χ1n) is 4.58. The highest BCUT2D eigenvalue weighted by Gasteiger charge is 1.86. The third-order valence-corrected chi connectivity index (χ3v) is 1.93. The maximum absolute atomic E-state index is 3.47. The van der Waals surface area contributed by atoms with Gasteiger partial charge in [-0.05, 0) is 19.8 Å². The van der Waals surface area contributed by atoms with Gasteiger partial charge in [-0.2, -0.15) is 0 Å². The summed E-state index contributed by atoms with van der Waals surface area (Å²) in [6, 6.07) is 0. The monoisotopic (exact) mass is 218 g/mol. The van der Waals surface area contributed by atoms with Gasteiger partial charge in [0.25, 0.3) is 0 Å². The van der Waals surface area contributed by atoms with E-state index in [2.05, 4.69) is 41.9 Å². The van der Waals surface area contributed by atoms with Crippen LogP contribution in [0.3, 0.4) is 0 Å². The zero-order chi connectivity index (χ0) is 8.53. The van der Waals surface area contributed by atoms with E-state index < -0.39 is 0 Å². The topological polar surface area (TPSA) is 0 Å². The molecule has 0 rings (SSSR count). The molecule has 0 nitrogen and oxygen atoms in total. The van der Waals surface area contributed by atoms with E-state index in [0.717, 1.165) is 0 Å². The fraction of sp³-hybridized carbons (Fsp3) is 0.800. The Balaban J connectivity index is 3.01. The molecule has 0 aromatic heterocycles. The highest BCUT2D eigenvalue weighted by atomic mass is 79.9. The Labute approximate surface area is 79.2 Å². The molecule has 0 bridgehead atoms. The van der Waals surface area contributed by atoms with Crippen LogP contribution in [0.5, 0.6) is 0 Å². The van der Waals surface area contributed by atoms with Crippen molar-refractivity contribution >= 4 is 15.9 Å². The molecule has 0 radical (unpaired) electrons. The summed E-state index contributed by atoms with van der Waals surface area (Å²) in [6.07, 6.45) is 11.2. The fourth-order valence-electron chi connectivity index (χ4n) is 0.973. The molecular weight excluding hydrogens is 200 g/mol. The van der Waals surface area contributed by atoms with Gasteiger partial charge in [0, 0.05) is 4.83 Å². The van der Waals surface area contributed by atoms with E-state index in [-0.39, 0.29) is 0 Å². The number of allylic oxidation sites excluding steroid dienone is 2. The lowest BCUT2D eigenvalue weighted by Crippen LogP contribution is -1.80. The molecule has 0 amide bonds. The predicted molar refractivity (Wildman–Crippen MR) is 56.3 cm³/mol. The zero-order valence-electron chi connectivity index (χ0n) is 7.65. The third kappa shape index (κ3) is 10.2. The Bertz CT molecular complexity index is 95.0. The largest absolute Gasteiger partial charge is 0.0874 e. The predicted octanol–water partition coefficient (Wildman–Crippen LogP) is 4.30. The van der Waals surface area contributed by atoms with Gasteiger partial charge < -0.3 is 0 Å². The van der Waals surface area contributed by atoms with Crippen molar-refractivity contribution in [2.75, 3.05) is 0 Å². The second kappa shape index (κ2) is 8.32. The number of rotatable bonds is 6. The quantitative estimate of drug-likeness (QED) is 0.355. The zero-order valence-corrected chi connectivity index (χ0v) is 9.23. The van der Waals surface area contributed by atoms with Gasteiger partial charge in [-0.3, -0.25) is 0 Å². The molecular formula is C10H19Br. The smallest absolute Gasteiger partial charge is 0.0297 e. The second-order valence-electron chi connectivity index (χ2n) is 2.96. The molecule has 0 aliphatic rings. The standard InChI is InChI=1S/C10H19Br/c1-3-4-5-6-7-8-9-10(2)11/h8-10H,3-7H2,1-2H3/b9-8+. The Morgan fingerprint density at radius 1 is 1.27 bits per heavy atom. The molecule has 0 aliphatic carbocycles. The molecule has 0 spiro atoms. The second-order valence-corrected chi connectivity index (χ2v) is 4.40. The molecule has 1 atom stereocenters. The lowest BCUT2D eigenvalue weighted by Gasteiger charge is -1.94. The van der Waals surface area contributed by atoms with Crippen LogP contribution in [0.4, 0.5) is 0 Å². The molecule has 0 saturated heterocycles. The average molecular weight is 219 g/mol. The summed E-state index contributed by atoms with van der Waals surface area (Å²) in [5.41, 5.74) is 0. The summed E-state index contributed by atoms with van der Waals surface area (Å²) in [4.78, 5) is 0.536. The van der Waals surface area contributed by atoms with E-state index in [0.29, 0.717) is 4.83 Å². The first-order valence-corrected chi connectivity index (χ1v) is 5.49. The van der Waals surface area contributed by atoms with Crippen LogP contribution in [0.25, 0.3) is 0 Å². The van der Waals surface area contributed by atoms with Crippen LogP contribution in [-0.2, 0) is 0 Å². The molecule has 1 unspecified atom stereocenters. The summed E-state index contributed by atoms with van der Waals surface area (Å²) < 4.78 is 0. The minimum Gasteiger partial charge on any atom is -0.0874 e. The van der Waals surface area contributed by atoms with Crippen molar-refractivity contribution in [1.29, 1.82) is 0 Å². The minimum atomic E-state index is 0.536. The summed E-state index contributed by atoms with van der Waals surface area (Å²) in [5, 5.41) is 0. The maximum Gasteiger partial charge on any atom is 0.0297 e. The molecule has 1 heteroatoms. The molecule has 0 N–H and O–H groups in total. The summed E-state index contributed by atoms with van der Waals surface area (Å²) >= 11 is 3.47. The van der Waals surface area contributed by atoms with Crippen molar-refractivity contribution in [3.63, 3.8) is 0 Å². The Kier molecular flexibility index (Phi) is 8.48. The van der Waals surface area contributed by atoms with Gasteiger partial charge in [0.05, 0.1) is 0 Å². The average Bonchev–Trinajstić information content (AvgIpc) is 1.96. The maximum atomic E-state index is 3.47. The lowest BCUT2D eigenvalue weighted by atomic mass is 10.1. The summed E-state index contributed by atoms with van der Waals surface area (Å²) in [7, 11) is 0. The SMILES string of the molecule is CCCCCC/C=C/C(C)Br. The molecule has 0 aromatic carbocycles. The molecule has 0 fully saturated rings. The van der Waals surface area contributed by atoms with Crippen molar-refractivity contribution in [1.82, 2.24) is 0 Å². The number of hydrogen-bond donors (Lipinski definition) is 0. The molecule has 11 heavy (non-hydrogen) atoms. The van der Waals surface area contributed by atoms with E-state index >= 15 is 0 Å². The number of alkyl halides is 1. The molecule has 0 aliphatic heterocycles. The Hall–Kier alpha value is 0.220. The Morgan fingerprint density at radius 3 is 2.55 bits per heavy atom. The highest BCUT2D eigenvalue weighted by molar-refractivity contribution is 9.09. The van der Waals surface area contributed by atoms with Crippen LogP contribution < -0.4 is 0 Å². The van der Waals surface area contributed by atoms with E-state index in [1.807, 2.05) is 0 Å². The van der Waals surface area contributed by atoms with Crippen LogP contribution in [0.15, 0.2) is 12.2 Å². The van der Waals surface area contributed by atoms with Crippen LogP contribution in [0, 0.1) is 0 Å².